The van der Waals surface area contributed by atoms with E-state index in [1.807, 2.05) is 0 Å². The minimum Gasteiger partial charge on any atom is -0.405 e. The van der Waals surface area contributed by atoms with Crippen LogP contribution in [0, 0.1) is 5.41 Å². The van der Waals surface area contributed by atoms with Crippen LogP contribution < -0.4 is 5.73 Å². The van der Waals surface area contributed by atoms with Gasteiger partial charge in [-0.25, -0.2) is 0 Å². The van der Waals surface area contributed by atoms with Gasteiger partial charge in [-0.2, -0.15) is 13.2 Å². The van der Waals surface area contributed by atoms with Crippen LogP contribution in [0.5, 0.6) is 0 Å². The number of hydrogen-bond donors (Lipinski definition) is 2. The number of hydrogen-bond acceptors (Lipinski definition) is 2. The quantitative estimate of drug-likeness (QED) is 0.522. The van der Waals surface area contributed by atoms with Gasteiger partial charge in [-0.05, 0) is 12.3 Å². The lowest BCUT2D eigenvalue weighted by Gasteiger charge is -2.00. The Bertz CT molecular complexity index is 135. The highest BCUT2D eigenvalue weighted by atomic mass is 19.4. The molecule has 0 aromatic heterocycles. The summed E-state index contributed by atoms with van der Waals surface area (Å²) in [6.45, 7) is 0. The molecule has 0 aliphatic rings. The molecule has 0 saturated heterocycles. The summed E-state index contributed by atoms with van der Waals surface area (Å²) in [6.07, 6.45) is -3.41. The van der Waals surface area contributed by atoms with Gasteiger partial charge < -0.3 is 5.73 Å². The molecule has 0 saturated carbocycles. The monoisotopic (exact) mass is 138 g/mol. The molecule has 3 N–H and O–H groups in total. The number of nitrogens with one attached hydrogen (secondary N) is 1. The minimum absolute atomic E-state index is 0.486. The fourth-order valence-electron chi connectivity index (χ4n) is 0.191. The third-order valence-corrected chi connectivity index (χ3v) is 0.568. The van der Waals surface area contributed by atoms with Gasteiger partial charge in [0.05, 0.1) is 0 Å². The molecule has 2 nitrogen and oxygen atoms in total. The van der Waals surface area contributed by atoms with Gasteiger partial charge in [-0.1, -0.05) is 0 Å². The maximum Gasteiger partial charge on any atom is 0.432 e. The standard InChI is InChI=1S/C4H5F3N2/c5-4(6,7)3(9)1-2-8/h1-2,9H,8H2. The zero-order valence-corrected chi connectivity index (χ0v) is 4.37. The third-order valence-electron chi connectivity index (χ3n) is 0.568. The van der Waals surface area contributed by atoms with Crippen LogP contribution in [0.25, 0.3) is 0 Å². The van der Waals surface area contributed by atoms with Crippen LogP contribution >= 0.6 is 0 Å². The number of rotatable bonds is 1. The molecule has 0 aromatic rings. The van der Waals surface area contributed by atoms with E-state index in [0.29, 0.717) is 12.3 Å². The molecule has 0 unspecified atom stereocenters. The van der Waals surface area contributed by atoms with E-state index in [2.05, 4.69) is 5.73 Å². The highest BCUT2D eigenvalue weighted by molar-refractivity contribution is 5.96. The molecule has 5 heteroatoms. The van der Waals surface area contributed by atoms with Crippen molar-refractivity contribution in [3.05, 3.63) is 12.3 Å². The van der Waals surface area contributed by atoms with Crippen LogP contribution in [-0.2, 0) is 0 Å². The van der Waals surface area contributed by atoms with Crippen molar-refractivity contribution in [1.82, 2.24) is 0 Å². The highest BCUT2D eigenvalue weighted by Gasteiger charge is 2.31. The van der Waals surface area contributed by atoms with E-state index in [9.17, 15) is 13.2 Å². The predicted octanol–water partition coefficient (Wildman–Crippen LogP) is 1.04. The molecule has 0 bridgehead atoms. The van der Waals surface area contributed by atoms with Gasteiger partial charge in [0.25, 0.3) is 0 Å². The predicted molar refractivity (Wildman–Crippen MR) is 27.1 cm³/mol. The molecule has 0 aliphatic heterocycles. The average molecular weight is 138 g/mol. The zero-order chi connectivity index (χ0) is 7.49. The molecule has 0 spiro atoms. The summed E-state index contributed by atoms with van der Waals surface area (Å²) in [6, 6.07) is 0. The van der Waals surface area contributed by atoms with Crippen LogP contribution in [0.3, 0.4) is 0 Å². The molecule has 0 rings (SSSR count). The third kappa shape index (κ3) is 2.73. The Morgan fingerprint density at radius 3 is 2.00 bits per heavy atom. The summed E-state index contributed by atoms with van der Waals surface area (Å²) in [5.41, 5.74) is 3.16. The van der Waals surface area contributed by atoms with Crippen molar-refractivity contribution in [2.24, 2.45) is 5.73 Å². The van der Waals surface area contributed by atoms with E-state index < -0.39 is 11.9 Å². The highest BCUT2D eigenvalue weighted by Crippen LogP contribution is 2.16. The summed E-state index contributed by atoms with van der Waals surface area (Å²) < 4.78 is 33.9. The molecule has 52 valence electrons. The molecule has 0 aliphatic carbocycles. The SMILES string of the molecule is N=C(C=CN)C(F)(F)F. The van der Waals surface area contributed by atoms with Gasteiger partial charge in [0.15, 0.2) is 0 Å². The lowest BCUT2D eigenvalue weighted by atomic mass is 10.3. The topological polar surface area (TPSA) is 49.9 Å². The maximum absolute atomic E-state index is 11.3. The van der Waals surface area contributed by atoms with Crippen molar-refractivity contribution in [2.45, 2.75) is 6.18 Å². The largest absolute Gasteiger partial charge is 0.432 e. The van der Waals surface area contributed by atoms with Crippen LogP contribution in [0.2, 0.25) is 0 Å². The summed E-state index contributed by atoms with van der Waals surface area (Å²) in [4.78, 5) is 0. The summed E-state index contributed by atoms with van der Waals surface area (Å²) >= 11 is 0. The summed E-state index contributed by atoms with van der Waals surface area (Å²) in [7, 11) is 0. The zero-order valence-electron chi connectivity index (χ0n) is 4.37. The number of allylic oxidation sites excluding steroid dienone is 1. The molecule has 0 fully saturated rings. The Labute approximate surface area is 49.7 Å². The Balaban J connectivity index is 4.06. The lowest BCUT2D eigenvalue weighted by Crippen LogP contribution is -2.19. The van der Waals surface area contributed by atoms with E-state index >= 15 is 0 Å². The van der Waals surface area contributed by atoms with E-state index in [0.717, 1.165) is 0 Å². The molecule has 0 amide bonds. The van der Waals surface area contributed by atoms with Crippen LogP contribution in [0.1, 0.15) is 0 Å². The first-order valence-corrected chi connectivity index (χ1v) is 2.02. The lowest BCUT2D eigenvalue weighted by molar-refractivity contribution is -0.0584. The van der Waals surface area contributed by atoms with Crippen LogP contribution in [0.15, 0.2) is 12.3 Å². The molecule has 0 radical (unpaired) electrons. The fourth-order valence-corrected chi connectivity index (χ4v) is 0.191. The first-order valence-electron chi connectivity index (χ1n) is 2.02. The Morgan fingerprint density at radius 1 is 1.44 bits per heavy atom. The van der Waals surface area contributed by atoms with E-state index in [4.69, 9.17) is 5.41 Å². The maximum atomic E-state index is 11.3. The molecule has 9 heavy (non-hydrogen) atoms. The first kappa shape index (κ1) is 8.00. The van der Waals surface area contributed by atoms with Crippen molar-refractivity contribution >= 4 is 5.71 Å². The molecular weight excluding hydrogens is 133 g/mol. The number of alkyl halides is 3. The van der Waals surface area contributed by atoms with E-state index in [-0.39, 0.29) is 0 Å². The van der Waals surface area contributed by atoms with Gasteiger partial charge in [0.1, 0.15) is 5.71 Å². The molecule has 0 atom stereocenters. The number of halogens is 3. The second-order valence-electron chi connectivity index (χ2n) is 1.27. The smallest absolute Gasteiger partial charge is 0.405 e. The van der Waals surface area contributed by atoms with Crippen LogP contribution in [-0.4, -0.2) is 11.9 Å². The normalized spacial score (nSPS) is 12.3. The van der Waals surface area contributed by atoms with Crippen molar-refractivity contribution in [3.8, 4) is 0 Å². The summed E-state index contributed by atoms with van der Waals surface area (Å²) in [5, 5.41) is 6.25. The summed E-state index contributed by atoms with van der Waals surface area (Å²) in [5.74, 6) is 0. The van der Waals surface area contributed by atoms with E-state index in [1.54, 1.807) is 0 Å². The van der Waals surface area contributed by atoms with Gasteiger partial charge in [-0.15, -0.1) is 0 Å². The Morgan fingerprint density at radius 2 is 1.89 bits per heavy atom. The minimum atomic E-state index is -4.57. The van der Waals surface area contributed by atoms with E-state index in [1.165, 1.54) is 0 Å². The van der Waals surface area contributed by atoms with Crippen molar-refractivity contribution in [3.63, 3.8) is 0 Å². The molecule has 0 heterocycles. The second-order valence-corrected chi connectivity index (χ2v) is 1.27. The van der Waals surface area contributed by atoms with Crippen molar-refractivity contribution in [1.29, 1.82) is 5.41 Å². The Kier molecular flexibility index (Phi) is 2.24. The second kappa shape index (κ2) is 2.52. The van der Waals surface area contributed by atoms with Gasteiger partial charge >= 0.3 is 6.18 Å². The average Bonchev–Trinajstić information content (AvgIpc) is 1.64. The molecular formula is C4H5F3N2. The number of nitrogens with two attached hydrogens (primary N) is 1. The van der Waals surface area contributed by atoms with Crippen molar-refractivity contribution < 1.29 is 13.2 Å². The van der Waals surface area contributed by atoms with Gasteiger partial charge in [0, 0.05) is 0 Å². The molecule has 0 aromatic carbocycles. The first-order chi connectivity index (χ1) is 3.98. The van der Waals surface area contributed by atoms with Crippen LogP contribution in [0.4, 0.5) is 13.2 Å². The fraction of sp³-hybridized carbons (Fsp3) is 0.250. The van der Waals surface area contributed by atoms with Crippen molar-refractivity contribution in [2.75, 3.05) is 0 Å². The Hall–Kier alpha value is -1.00. The van der Waals surface area contributed by atoms with Gasteiger partial charge in [-0.3, -0.25) is 5.41 Å². The van der Waals surface area contributed by atoms with Gasteiger partial charge in [0.2, 0.25) is 0 Å².